The summed E-state index contributed by atoms with van der Waals surface area (Å²) in [6.07, 6.45) is 3.00. The number of barbiturate groups is 1. The summed E-state index contributed by atoms with van der Waals surface area (Å²) >= 11 is 0. The lowest BCUT2D eigenvalue weighted by Crippen LogP contribution is -2.65. The first-order valence-electron chi connectivity index (χ1n) is 8.86. The predicted octanol–water partition coefficient (Wildman–Crippen LogP) is 1.83. The molecular formula is C17H30N2O5. The molecule has 0 aromatic heterocycles. The van der Waals surface area contributed by atoms with Crippen LogP contribution in [-0.2, 0) is 14.3 Å². The fourth-order valence-electron chi connectivity index (χ4n) is 3.05. The van der Waals surface area contributed by atoms with E-state index in [2.05, 4.69) is 5.32 Å². The molecule has 1 aliphatic heterocycles. The van der Waals surface area contributed by atoms with E-state index in [4.69, 9.17) is 4.74 Å². The Kier molecular flexibility index (Phi) is 8.35. The van der Waals surface area contributed by atoms with Gasteiger partial charge in [0.1, 0.15) is 5.41 Å². The smallest absolute Gasteiger partial charge is 0.330 e. The van der Waals surface area contributed by atoms with E-state index in [1.54, 1.807) is 0 Å². The van der Waals surface area contributed by atoms with Gasteiger partial charge in [-0.25, -0.2) is 4.79 Å². The molecule has 4 amide bonds. The van der Waals surface area contributed by atoms with E-state index in [1.807, 2.05) is 20.8 Å². The van der Waals surface area contributed by atoms with Crippen LogP contribution in [0.15, 0.2) is 0 Å². The second-order valence-corrected chi connectivity index (χ2v) is 6.34. The quantitative estimate of drug-likeness (QED) is 0.441. The average molecular weight is 342 g/mol. The van der Waals surface area contributed by atoms with Crippen LogP contribution >= 0.6 is 0 Å². The molecule has 24 heavy (non-hydrogen) atoms. The highest BCUT2D eigenvalue weighted by Gasteiger charge is 2.52. The third kappa shape index (κ3) is 4.77. The number of nitrogens with one attached hydrogen (secondary N) is 1. The van der Waals surface area contributed by atoms with E-state index in [1.165, 1.54) is 0 Å². The molecule has 2 N–H and O–H groups in total. The summed E-state index contributed by atoms with van der Waals surface area (Å²) in [5.74, 6) is -1.03. The van der Waals surface area contributed by atoms with Gasteiger partial charge in [-0.05, 0) is 19.3 Å². The number of carbonyl (C=O) groups is 3. The Morgan fingerprint density at radius 2 is 1.75 bits per heavy atom. The summed E-state index contributed by atoms with van der Waals surface area (Å²) in [5, 5.41) is 12.3. The Morgan fingerprint density at radius 1 is 1.12 bits per heavy atom. The third-order valence-electron chi connectivity index (χ3n) is 4.25. The Labute approximate surface area is 143 Å². The van der Waals surface area contributed by atoms with Crippen molar-refractivity contribution in [2.75, 3.05) is 19.8 Å². The van der Waals surface area contributed by atoms with Crippen molar-refractivity contribution in [3.05, 3.63) is 0 Å². The Bertz CT molecular complexity index is 446. The van der Waals surface area contributed by atoms with Gasteiger partial charge in [0.25, 0.3) is 0 Å². The fraction of sp³-hybridized carbons (Fsp3) is 0.824. The number of urea groups is 1. The molecule has 1 atom stereocenters. The van der Waals surface area contributed by atoms with Gasteiger partial charge in [0, 0.05) is 6.61 Å². The maximum absolute atomic E-state index is 12.9. The summed E-state index contributed by atoms with van der Waals surface area (Å²) in [7, 11) is 0. The van der Waals surface area contributed by atoms with E-state index in [0.29, 0.717) is 32.3 Å². The zero-order valence-corrected chi connectivity index (χ0v) is 15.0. The number of hydrogen-bond acceptors (Lipinski definition) is 5. The van der Waals surface area contributed by atoms with Crippen LogP contribution in [0.5, 0.6) is 0 Å². The van der Waals surface area contributed by atoms with Crippen molar-refractivity contribution in [2.24, 2.45) is 5.41 Å². The summed E-state index contributed by atoms with van der Waals surface area (Å²) in [4.78, 5) is 38.2. The highest BCUT2D eigenvalue weighted by molar-refractivity contribution is 6.19. The number of imide groups is 2. The second-order valence-electron chi connectivity index (χ2n) is 6.34. The molecule has 7 heteroatoms. The molecule has 0 saturated carbocycles. The molecule has 0 aliphatic carbocycles. The predicted molar refractivity (Wildman–Crippen MR) is 89.2 cm³/mol. The molecular weight excluding hydrogens is 312 g/mol. The van der Waals surface area contributed by atoms with Crippen LogP contribution in [0.2, 0.25) is 0 Å². The average Bonchev–Trinajstić information content (AvgIpc) is 2.54. The number of hydrogen-bond donors (Lipinski definition) is 2. The highest BCUT2D eigenvalue weighted by Crippen LogP contribution is 2.35. The normalized spacial score (nSPS) is 18.7. The molecule has 0 radical (unpaired) electrons. The second kappa shape index (κ2) is 9.74. The number of amides is 4. The van der Waals surface area contributed by atoms with E-state index in [-0.39, 0.29) is 13.2 Å². The van der Waals surface area contributed by atoms with Gasteiger partial charge >= 0.3 is 6.03 Å². The van der Waals surface area contributed by atoms with E-state index in [9.17, 15) is 19.5 Å². The molecule has 1 rings (SSSR count). The lowest BCUT2D eigenvalue weighted by atomic mass is 9.76. The van der Waals surface area contributed by atoms with Crippen molar-refractivity contribution in [3.63, 3.8) is 0 Å². The maximum atomic E-state index is 12.9. The van der Waals surface area contributed by atoms with E-state index in [0.717, 1.165) is 17.7 Å². The standard InChI is InChI=1S/C17H30N2O5/c1-4-7-10-24-12-13(20)11-19-15(22)17(8-5-2,9-6-3)14(21)18-16(19)23/h13,20H,4-12H2,1-3H3,(H,18,21,23). The Hall–Kier alpha value is -1.47. The summed E-state index contributed by atoms with van der Waals surface area (Å²) in [6.45, 7) is 6.25. The number of rotatable bonds is 11. The van der Waals surface area contributed by atoms with Crippen molar-refractivity contribution < 1.29 is 24.2 Å². The number of aliphatic hydroxyl groups is 1. The van der Waals surface area contributed by atoms with Crippen molar-refractivity contribution in [1.82, 2.24) is 10.2 Å². The summed E-state index contributed by atoms with van der Waals surface area (Å²) < 4.78 is 5.33. The van der Waals surface area contributed by atoms with Crippen LogP contribution < -0.4 is 5.32 Å². The molecule has 1 aliphatic rings. The minimum absolute atomic E-state index is 0.0551. The number of aliphatic hydroxyl groups excluding tert-OH is 1. The van der Waals surface area contributed by atoms with Crippen LogP contribution in [0.3, 0.4) is 0 Å². The van der Waals surface area contributed by atoms with Crippen LogP contribution in [0.1, 0.15) is 59.3 Å². The number of carbonyl (C=O) groups excluding carboxylic acids is 3. The Morgan fingerprint density at radius 3 is 2.29 bits per heavy atom. The van der Waals surface area contributed by atoms with Crippen molar-refractivity contribution in [2.45, 2.75) is 65.4 Å². The van der Waals surface area contributed by atoms with Gasteiger partial charge in [-0.2, -0.15) is 0 Å². The highest BCUT2D eigenvalue weighted by atomic mass is 16.5. The van der Waals surface area contributed by atoms with Crippen LogP contribution in [0.25, 0.3) is 0 Å². The molecule has 1 heterocycles. The molecule has 1 unspecified atom stereocenters. The van der Waals surface area contributed by atoms with Gasteiger partial charge in [-0.1, -0.05) is 40.0 Å². The topological polar surface area (TPSA) is 95.9 Å². The van der Waals surface area contributed by atoms with E-state index >= 15 is 0 Å². The van der Waals surface area contributed by atoms with Crippen molar-refractivity contribution in [3.8, 4) is 0 Å². The molecule has 0 spiro atoms. The van der Waals surface area contributed by atoms with Crippen molar-refractivity contribution in [1.29, 1.82) is 0 Å². The summed E-state index contributed by atoms with van der Waals surface area (Å²) in [6, 6.07) is -0.763. The first kappa shape index (κ1) is 20.6. The molecule has 0 aromatic rings. The molecule has 0 aromatic carbocycles. The first-order chi connectivity index (χ1) is 11.4. The monoisotopic (exact) mass is 342 g/mol. The lowest BCUT2D eigenvalue weighted by Gasteiger charge is -2.39. The van der Waals surface area contributed by atoms with Gasteiger partial charge in [0.05, 0.1) is 19.3 Å². The number of ether oxygens (including phenoxy) is 1. The van der Waals surface area contributed by atoms with E-state index < -0.39 is 29.4 Å². The number of nitrogens with zero attached hydrogens (tertiary/aromatic N) is 1. The maximum Gasteiger partial charge on any atom is 0.330 e. The SMILES string of the molecule is CCCCOCC(O)CN1C(=O)NC(=O)C(CCC)(CCC)C1=O. The van der Waals surface area contributed by atoms with Crippen molar-refractivity contribution >= 4 is 17.8 Å². The van der Waals surface area contributed by atoms with Gasteiger partial charge < -0.3 is 9.84 Å². The van der Waals surface area contributed by atoms with Gasteiger partial charge in [0.2, 0.25) is 11.8 Å². The summed E-state index contributed by atoms with van der Waals surface area (Å²) in [5.41, 5.74) is -1.21. The first-order valence-corrected chi connectivity index (χ1v) is 8.86. The molecule has 138 valence electrons. The van der Waals surface area contributed by atoms with Gasteiger partial charge in [-0.15, -0.1) is 0 Å². The third-order valence-corrected chi connectivity index (χ3v) is 4.25. The van der Waals surface area contributed by atoms with Crippen LogP contribution in [0, 0.1) is 5.41 Å². The van der Waals surface area contributed by atoms with Gasteiger partial charge in [-0.3, -0.25) is 19.8 Å². The van der Waals surface area contributed by atoms with Gasteiger partial charge in [0.15, 0.2) is 0 Å². The lowest BCUT2D eigenvalue weighted by molar-refractivity contribution is -0.154. The van der Waals surface area contributed by atoms with Crippen LogP contribution in [-0.4, -0.2) is 53.7 Å². The molecule has 1 saturated heterocycles. The molecule has 0 bridgehead atoms. The molecule has 1 fully saturated rings. The van der Waals surface area contributed by atoms with Crippen LogP contribution in [0.4, 0.5) is 4.79 Å². The number of β-amino-alcohol motifs (C(OH)–C–C–N with tert-alkyl or cyclic N) is 1. The molecule has 7 nitrogen and oxygen atoms in total. The largest absolute Gasteiger partial charge is 0.389 e. The Balaban J connectivity index is 2.80. The zero-order chi connectivity index (χ0) is 18.2. The fourth-order valence-corrected chi connectivity index (χ4v) is 3.05. The zero-order valence-electron chi connectivity index (χ0n) is 15.0. The minimum atomic E-state index is -1.21. The number of unbranched alkanes of at least 4 members (excludes halogenated alkanes) is 1. The minimum Gasteiger partial charge on any atom is -0.389 e.